The van der Waals surface area contributed by atoms with E-state index in [0.717, 1.165) is 37.5 Å². The van der Waals surface area contributed by atoms with Gasteiger partial charge in [-0.25, -0.2) is 0 Å². The van der Waals surface area contributed by atoms with Crippen molar-refractivity contribution in [1.29, 1.82) is 0 Å². The normalized spacial score (nSPS) is 13.2. The molecule has 4 rings (SSSR count). The molecule has 2 heteroatoms. The Morgan fingerprint density at radius 1 is 0.893 bits per heavy atom. The standard InChI is InChI=1S/C26H25NO/c1-2-18-28-24-13-14-25-23(19-24)16-17-27-26(25)15-10-20-8-11-22(12-9-20)21-6-4-3-5-7-21/h3-15,19H,2,16-18H2,1H3/b15-10+. The fourth-order valence-electron chi connectivity index (χ4n) is 3.45. The first kappa shape index (κ1) is 18.2. The zero-order chi connectivity index (χ0) is 19.2. The molecular weight excluding hydrogens is 342 g/mol. The molecule has 3 aromatic carbocycles. The van der Waals surface area contributed by atoms with Crippen LogP contribution in [-0.2, 0) is 6.42 Å². The molecule has 0 aromatic heterocycles. The Labute approximate surface area is 167 Å². The number of ether oxygens (including phenoxy) is 1. The molecule has 28 heavy (non-hydrogen) atoms. The first-order chi connectivity index (χ1) is 13.8. The minimum Gasteiger partial charge on any atom is -0.494 e. The number of hydrogen-bond donors (Lipinski definition) is 0. The van der Waals surface area contributed by atoms with Crippen LogP contribution in [0.15, 0.2) is 83.9 Å². The van der Waals surface area contributed by atoms with Crippen molar-refractivity contribution in [1.82, 2.24) is 0 Å². The molecule has 0 radical (unpaired) electrons. The predicted molar refractivity (Wildman–Crippen MR) is 118 cm³/mol. The van der Waals surface area contributed by atoms with E-state index in [1.54, 1.807) is 0 Å². The van der Waals surface area contributed by atoms with Crippen molar-refractivity contribution in [3.8, 4) is 16.9 Å². The van der Waals surface area contributed by atoms with Crippen LogP contribution in [0.4, 0.5) is 0 Å². The Balaban J connectivity index is 1.50. The van der Waals surface area contributed by atoms with Gasteiger partial charge in [-0.15, -0.1) is 0 Å². The number of benzene rings is 3. The summed E-state index contributed by atoms with van der Waals surface area (Å²) < 4.78 is 5.78. The van der Waals surface area contributed by atoms with Crippen LogP contribution in [0.3, 0.4) is 0 Å². The van der Waals surface area contributed by atoms with Crippen LogP contribution in [0.1, 0.15) is 30.0 Å². The summed E-state index contributed by atoms with van der Waals surface area (Å²) in [7, 11) is 0. The maximum absolute atomic E-state index is 5.78. The Kier molecular flexibility index (Phi) is 5.67. The van der Waals surface area contributed by atoms with Gasteiger partial charge in [-0.2, -0.15) is 0 Å². The second-order valence-corrected chi connectivity index (χ2v) is 7.01. The van der Waals surface area contributed by atoms with E-state index in [-0.39, 0.29) is 0 Å². The third-order valence-corrected chi connectivity index (χ3v) is 4.94. The highest BCUT2D eigenvalue weighted by Gasteiger charge is 2.13. The summed E-state index contributed by atoms with van der Waals surface area (Å²) in [5, 5.41) is 0. The molecule has 0 aliphatic carbocycles. The van der Waals surface area contributed by atoms with Gasteiger partial charge < -0.3 is 4.74 Å². The summed E-state index contributed by atoms with van der Waals surface area (Å²) in [5.74, 6) is 0.960. The maximum atomic E-state index is 5.78. The zero-order valence-corrected chi connectivity index (χ0v) is 16.3. The summed E-state index contributed by atoms with van der Waals surface area (Å²) in [6.45, 7) is 3.72. The Morgan fingerprint density at radius 2 is 1.68 bits per heavy atom. The minimum absolute atomic E-state index is 0.763. The molecule has 0 N–H and O–H groups in total. The highest BCUT2D eigenvalue weighted by Crippen LogP contribution is 2.24. The van der Waals surface area contributed by atoms with Crippen LogP contribution >= 0.6 is 0 Å². The van der Waals surface area contributed by atoms with Crippen molar-refractivity contribution in [2.45, 2.75) is 19.8 Å². The predicted octanol–water partition coefficient (Wildman–Crippen LogP) is 6.20. The van der Waals surface area contributed by atoms with Crippen LogP contribution in [-0.4, -0.2) is 18.9 Å². The van der Waals surface area contributed by atoms with E-state index >= 15 is 0 Å². The Bertz CT molecular complexity index is 985. The van der Waals surface area contributed by atoms with Crippen LogP contribution in [0.5, 0.6) is 5.75 Å². The van der Waals surface area contributed by atoms with E-state index in [2.05, 4.69) is 85.8 Å². The van der Waals surface area contributed by atoms with E-state index in [0.29, 0.717) is 0 Å². The van der Waals surface area contributed by atoms with E-state index in [1.807, 2.05) is 6.07 Å². The van der Waals surface area contributed by atoms with Gasteiger partial charge in [-0.3, -0.25) is 4.99 Å². The van der Waals surface area contributed by atoms with Crippen LogP contribution < -0.4 is 4.74 Å². The molecule has 0 saturated heterocycles. The molecule has 2 nitrogen and oxygen atoms in total. The number of aliphatic imine (C=N–C) groups is 1. The summed E-state index contributed by atoms with van der Waals surface area (Å²) in [5.41, 5.74) is 7.24. The van der Waals surface area contributed by atoms with Crippen molar-refractivity contribution in [3.63, 3.8) is 0 Å². The van der Waals surface area contributed by atoms with Crippen LogP contribution in [0.25, 0.3) is 17.2 Å². The summed E-state index contributed by atoms with van der Waals surface area (Å²) in [6.07, 6.45) is 6.27. The van der Waals surface area contributed by atoms with E-state index < -0.39 is 0 Å². The van der Waals surface area contributed by atoms with Crippen molar-refractivity contribution in [3.05, 3.63) is 95.6 Å². The second kappa shape index (κ2) is 8.71. The largest absolute Gasteiger partial charge is 0.494 e. The monoisotopic (exact) mass is 367 g/mol. The highest BCUT2D eigenvalue weighted by atomic mass is 16.5. The molecule has 1 aliphatic heterocycles. The number of hydrogen-bond acceptors (Lipinski definition) is 2. The third-order valence-electron chi connectivity index (χ3n) is 4.94. The summed E-state index contributed by atoms with van der Waals surface area (Å²) in [4.78, 5) is 4.73. The Morgan fingerprint density at radius 3 is 2.46 bits per heavy atom. The fourth-order valence-corrected chi connectivity index (χ4v) is 3.45. The molecule has 0 atom stereocenters. The smallest absolute Gasteiger partial charge is 0.119 e. The second-order valence-electron chi connectivity index (χ2n) is 7.01. The molecule has 0 amide bonds. The zero-order valence-electron chi connectivity index (χ0n) is 16.3. The average Bonchev–Trinajstić information content (AvgIpc) is 2.77. The van der Waals surface area contributed by atoms with Gasteiger partial charge in [0.1, 0.15) is 5.75 Å². The minimum atomic E-state index is 0.763. The summed E-state index contributed by atoms with van der Waals surface area (Å²) in [6, 6.07) is 25.5. The topological polar surface area (TPSA) is 21.6 Å². The quantitative estimate of drug-likeness (QED) is 0.508. The Hall–Kier alpha value is -3.13. The lowest BCUT2D eigenvalue weighted by atomic mass is 9.96. The SMILES string of the molecule is CCCOc1ccc2c(c1)CCN=C2/C=C/c1ccc(-c2ccccc2)cc1. The first-order valence-electron chi connectivity index (χ1n) is 9.97. The molecule has 140 valence electrons. The van der Waals surface area contributed by atoms with Gasteiger partial charge in [0.25, 0.3) is 0 Å². The average molecular weight is 367 g/mol. The van der Waals surface area contributed by atoms with Crippen molar-refractivity contribution < 1.29 is 4.74 Å². The third kappa shape index (κ3) is 4.23. The van der Waals surface area contributed by atoms with E-state index in [9.17, 15) is 0 Å². The van der Waals surface area contributed by atoms with Gasteiger partial charge in [0.15, 0.2) is 0 Å². The van der Waals surface area contributed by atoms with Crippen molar-refractivity contribution in [2.75, 3.05) is 13.2 Å². The van der Waals surface area contributed by atoms with E-state index in [4.69, 9.17) is 9.73 Å². The lowest BCUT2D eigenvalue weighted by Crippen LogP contribution is -2.11. The van der Waals surface area contributed by atoms with Gasteiger partial charge in [0, 0.05) is 12.1 Å². The van der Waals surface area contributed by atoms with Gasteiger partial charge in [-0.1, -0.05) is 67.6 Å². The molecule has 0 saturated carbocycles. The van der Waals surface area contributed by atoms with Gasteiger partial charge in [-0.05, 0) is 59.4 Å². The van der Waals surface area contributed by atoms with Crippen molar-refractivity contribution >= 4 is 11.8 Å². The number of nitrogens with zero attached hydrogens (tertiary/aromatic N) is 1. The van der Waals surface area contributed by atoms with E-state index in [1.165, 1.54) is 27.8 Å². The van der Waals surface area contributed by atoms with Gasteiger partial charge in [0.2, 0.25) is 0 Å². The van der Waals surface area contributed by atoms with Gasteiger partial charge >= 0.3 is 0 Å². The van der Waals surface area contributed by atoms with Crippen LogP contribution in [0, 0.1) is 0 Å². The molecule has 3 aromatic rings. The molecule has 0 bridgehead atoms. The summed E-state index contributed by atoms with van der Waals surface area (Å²) >= 11 is 0. The molecule has 0 fully saturated rings. The lowest BCUT2D eigenvalue weighted by molar-refractivity contribution is 0.317. The number of fused-ring (bicyclic) bond motifs is 1. The molecule has 1 heterocycles. The maximum Gasteiger partial charge on any atom is 0.119 e. The number of rotatable bonds is 6. The molecule has 0 unspecified atom stereocenters. The lowest BCUT2D eigenvalue weighted by Gasteiger charge is -2.16. The van der Waals surface area contributed by atoms with Crippen molar-refractivity contribution in [2.24, 2.45) is 4.99 Å². The fraction of sp³-hybridized carbons (Fsp3) is 0.192. The van der Waals surface area contributed by atoms with Gasteiger partial charge in [0.05, 0.1) is 12.3 Å². The van der Waals surface area contributed by atoms with Crippen LogP contribution in [0.2, 0.25) is 0 Å². The highest BCUT2D eigenvalue weighted by molar-refractivity contribution is 6.12. The molecular formula is C26H25NO. The molecule has 0 spiro atoms. The molecule has 1 aliphatic rings. The number of allylic oxidation sites excluding steroid dienone is 1. The first-order valence-corrected chi connectivity index (χ1v) is 9.97.